The molecule has 1 aliphatic rings. The van der Waals surface area contributed by atoms with Crippen LogP contribution in [0.5, 0.6) is 0 Å². The van der Waals surface area contributed by atoms with Crippen LogP contribution in [0.25, 0.3) is 28.0 Å². The number of β-amino-alcohol motifs (C(OH)–C–C–N with tert-alkyl or cyclic N) is 1. The molecule has 182 valence electrons. The fourth-order valence-corrected chi connectivity index (χ4v) is 4.82. The molecule has 2 unspecified atom stereocenters. The van der Waals surface area contributed by atoms with Gasteiger partial charge in [-0.1, -0.05) is 25.5 Å². The van der Waals surface area contributed by atoms with Crippen molar-refractivity contribution in [3.8, 4) is 17.1 Å². The molecule has 8 nitrogen and oxygen atoms in total. The highest BCUT2D eigenvalue weighted by atomic mass is 16.3. The molecule has 1 fully saturated rings. The highest BCUT2D eigenvalue weighted by Crippen LogP contribution is 2.35. The molecular weight excluding hydrogens is 440 g/mol. The van der Waals surface area contributed by atoms with Crippen molar-refractivity contribution >= 4 is 16.6 Å². The smallest absolute Gasteiger partial charge is 0.154 e. The molecule has 35 heavy (non-hydrogen) atoms. The topological polar surface area (TPSA) is 113 Å². The summed E-state index contributed by atoms with van der Waals surface area (Å²) in [7, 11) is 0. The number of nitrogens with two attached hydrogens (primary N) is 1. The molecule has 8 heteroatoms. The number of benzene rings is 1. The number of aliphatic hydroxyl groups excluding tert-OH is 2. The van der Waals surface area contributed by atoms with Gasteiger partial charge in [0.25, 0.3) is 0 Å². The summed E-state index contributed by atoms with van der Waals surface area (Å²) in [6.07, 6.45) is 5.12. The molecule has 4 heterocycles. The van der Waals surface area contributed by atoms with E-state index in [0.717, 1.165) is 65.8 Å². The van der Waals surface area contributed by atoms with E-state index < -0.39 is 0 Å². The van der Waals surface area contributed by atoms with Gasteiger partial charge >= 0.3 is 0 Å². The van der Waals surface area contributed by atoms with Crippen LogP contribution in [-0.2, 0) is 6.61 Å². The first-order chi connectivity index (χ1) is 17.1. The van der Waals surface area contributed by atoms with Crippen molar-refractivity contribution in [2.75, 3.05) is 18.0 Å². The number of pyridine rings is 2. The zero-order valence-corrected chi connectivity index (χ0v) is 20.0. The lowest BCUT2D eigenvalue weighted by Gasteiger charge is -2.32. The molecule has 0 saturated carbocycles. The number of aromatic nitrogens is 4. The Morgan fingerprint density at radius 2 is 2.00 bits per heavy atom. The van der Waals surface area contributed by atoms with Crippen molar-refractivity contribution in [3.63, 3.8) is 0 Å². The van der Waals surface area contributed by atoms with Crippen LogP contribution in [0.4, 0.5) is 5.69 Å². The second-order valence-electron chi connectivity index (χ2n) is 9.21. The molecule has 1 aromatic carbocycles. The van der Waals surface area contributed by atoms with Gasteiger partial charge in [-0.15, -0.1) is 0 Å². The van der Waals surface area contributed by atoms with Gasteiger partial charge in [0, 0.05) is 35.8 Å². The van der Waals surface area contributed by atoms with Crippen molar-refractivity contribution in [2.45, 2.75) is 51.4 Å². The highest BCUT2D eigenvalue weighted by Gasteiger charge is 2.23. The van der Waals surface area contributed by atoms with E-state index in [1.807, 2.05) is 36.5 Å². The summed E-state index contributed by atoms with van der Waals surface area (Å²) in [6, 6.07) is 15.7. The summed E-state index contributed by atoms with van der Waals surface area (Å²) in [5.74, 6) is 0.639. The third kappa shape index (κ3) is 4.77. The van der Waals surface area contributed by atoms with Crippen molar-refractivity contribution in [3.05, 3.63) is 66.1 Å². The number of piperidine rings is 1. The largest absolute Gasteiger partial charge is 0.391 e. The van der Waals surface area contributed by atoms with Gasteiger partial charge in [-0.2, -0.15) is 5.10 Å². The van der Waals surface area contributed by atoms with Crippen LogP contribution in [0, 0.1) is 0 Å². The molecule has 0 radical (unpaired) electrons. The van der Waals surface area contributed by atoms with E-state index in [2.05, 4.69) is 34.0 Å². The maximum atomic E-state index is 10.4. The highest BCUT2D eigenvalue weighted by molar-refractivity contribution is 5.96. The zero-order chi connectivity index (χ0) is 24.4. The Kier molecular flexibility index (Phi) is 6.77. The van der Waals surface area contributed by atoms with Gasteiger partial charge in [0.15, 0.2) is 5.82 Å². The lowest BCUT2D eigenvalue weighted by Crippen LogP contribution is -2.38. The maximum Gasteiger partial charge on any atom is 0.154 e. The minimum atomic E-state index is -0.353. The molecule has 5 rings (SSSR count). The molecule has 4 N–H and O–H groups in total. The lowest BCUT2D eigenvalue weighted by atomic mass is 10.0. The van der Waals surface area contributed by atoms with Crippen molar-refractivity contribution in [1.29, 1.82) is 0 Å². The summed E-state index contributed by atoms with van der Waals surface area (Å²) in [5, 5.41) is 25.6. The predicted molar refractivity (Wildman–Crippen MR) is 137 cm³/mol. The minimum Gasteiger partial charge on any atom is -0.391 e. The van der Waals surface area contributed by atoms with E-state index in [0.29, 0.717) is 18.1 Å². The standard InChI is InChI=1S/C27H32N6O2/c1-2-6-22(28)24-10-4-9-23(31-24)18-13-25(32-12-5-8-20(35)16-32)21-15-29-33(26(21)14-18)27-11-3-7-19(17-34)30-27/h3-4,7,9-11,13-15,20,22,34-35H,2,5-6,8,12,16-17,28H2,1H3. The molecular formula is C27H32N6O2. The number of fused-ring (bicyclic) bond motifs is 1. The fraction of sp³-hybridized carbons (Fsp3) is 0.370. The van der Waals surface area contributed by atoms with Crippen LogP contribution in [0.2, 0.25) is 0 Å². The first-order valence-electron chi connectivity index (χ1n) is 12.3. The van der Waals surface area contributed by atoms with Crippen molar-refractivity contribution in [1.82, 2.24) is 19.7 Å². The molecule has 1 saturated heterocycles. The summed E-state index contributed by atoms with van der Waals surface area (Å²) in [5.41, 5.74) is 11.6. The maximum absolute atomic E-state index is 10.4. The molecule has 0 amide bonds. The van der Waals surface area contributed by atoms with E-state index in [9.17, 15) is 10.2 Å². The summed E-state index contributed by atoms with van der Waals surface area (Å²) in [4.78, 5) is 11.7. The van der Waals surface area contributed by atoms with Crippen molar-refractivity contribution < 1.29 is 10.2 Å². The van der Waals surface area contributed by atoms with Gasteiger partial charge in [0.2, 0.25) is 0 Å². The molecule has 0 bridgehead atoms. The van der Waals surface area contributed by atoms with E-state index in [4.69, 9.17) is 10.7 Å². The number of nitrogens with zero attached hydrogens (tertiary/aromatic N) is 5. The minimum absolute atomic E-state index is 0.101. The van der Waals surface area contributed by atoms with Crippen LogP contribution in [-0.4, -0.2) is 49.2 Å². The monoisotopic (exact) mass is 472 g/mol. The summed E-state index contributed by atoms with van der Waals surface area (Å²) < 4.78 is 1.80. The third-order valence-corrected chi connectivity index (χ3v) is 6.62. The van der Waals surface area contributed by atoms with Gasteiger partial charge in [-0.3, -0.25) is 4.98 Å². The molecule has 4 aromatic rings. The van der Waals surface area contributed by atoms with Gasteiger partial charge in [0.1, 0.15) is 0 Å². The Bertz CT molecular complexity index is 1320. The van der Waals surface area contributed by atoms with Crippen LogP contribution in [0.3, 0.4) is 0 Å². The Balaban J connectivity index is 1.67. The Morgan fingerprint density at radius 1 is 1.14 bits per heavy atom. The molecule has 0 spiro atoms. The van der Waals surface area contributed by atoms with Gasteiger partial charge in [-0.05, 0) is 55.7 Å². The average molecular weight is 473 g/mol. The van der Waals surface area contributed by atoms with Crippen LogP contribution >= 0.6 is 0 Å². The fourth-order valence-electron chi connectivity index (χ4n) is 4.82. The van der Waals surface area contributed by atoms with Gasteiger partial charge in [-0.25, -0.2) is 9.67 Å². The number of hydrogen-bond donors (Lipinski definition) is 3. The first kappa shape index (κ1) is 23.4. The zero-order valence-electron chi connectivity index (χ0n) is 20.0. The Labute approximate surface area is 205 Å². The number of hydrogen-bond acceptors (Lipinski definition) is 7. The van der Waals surface area contributed by atoms with E-state index in [-0.39, 0.29) is 18.8 Å². The average Bonchev–Trinajstić information content (AvgIpc) is 3.32. The van der Waals surface area contributed by atoms with Gasteiger partial charge in [0.05, 0.1) is 41.5 Å². The quantitative estimate of drug-likeness (QED) is 0.375. The predicted octanol–water partition coefficient (Wildman–Crippen LogP) is 3.74. The molecule has 1 aliphatic heterocycles. The second-order valence-corrected chi connectivity index (χ2v) is 9.21. The van der Waals surface area contributed by atoms with Crippen LogP contribution < -0.4 is 10.6 Å². The van der Waals surface area contributed by atoms with Crippen LogP contribution in [0.1, 0.15) is 50.0 Å². The number of aliphatic hydroxyl groups is 2. The van der Waals surface area contributed by atoms with E-state index in [1.54, 1.807) is 10.7 Å². The van der Waals surface area contributed by atoms with E-state index in [1.165, 1.54) is 0 Å². The Morgan fingerprint density at radius 3 is 2.80 bits per heavy atom. The third-order valence-electron chi connectivity index (χ3n) is 6.62. The number of rotatable bonds is 7. The number of anilines is 1. The van der Waals surface area contributed by atoms with Gasteiger partial charge < -0.3 is 20.8 Å². The molecule has 3 aromatic heterocycles. The Hall–Kier alpha value is -3.33. The molecule has 0 aliphatic carbocycles. The SMILES string of the molecule is CCCC(N)c1cccc(-c2cc(N3CCCC(O)C3)c3cnn(-c4cccc(CO)n4)c3c2)n1. The summed E-state index contributed by atoms with van der Waals surface area (Å²) >= 11 is 0. The van der Waals surface area contributed by atoms with Crippen molar-refractivity contribution in [2.24, 2.45) is 5.73 Å². The lowest BCUT2D eigenvalue weighted by molar-refractivity contribution is 0.154. The first-order valence-corrected chi connectivity index (χ1v) is 12.3. The van der Waals surface area contributed by atoms with Crippen LogP contribution in [0.15, 0.2) is 54.7 Å². The summed E-state index contributed by atoms with van der Waals surface area (Å²) in [6.45, 7) is 3.44. The second kappa shape index (κ2) is 10.1. The normalized spacial score (nSPS) is 17.1. The van der Waals surface area contributed by atoms with E-state index >= 15 is 0 Å². The molecule has 2 atom stereocenters.